The molecule has 1 N–H and O–H groups in total. The molecule has 0 bridgehead atoms. The molecule has 2 aromatic carbocycles. The van der Waals surface area contributed by atoms with E-state index < -0.39 is 0 Å². The van der Waals surface area contributed by atoms with Gasteiger partial charge in [0.15, 0.2) is 0 Å². The van der Waals surface area contributed by atoms with Gasteiger partial charge >= 0.3 is 0 Å². The van der Waals surface area contributed by atoms with Crippen LogP contribution in [0.15, 0.2) is 48.5 Å². The van der Waals surface area contributed by atoms with Gasteiger partial charge in [-0.05, 0) is 41.7 Å². The second-order valence-electron chi connectivity index (χ2n) is 5.48. The molecule has 0 fully saturated rings. The highest BCUT2D eigenvalue weighted by atomic mass is 19.1. The zero-order chi connectivity index (χ0) is 15.4. The fourth-order valence-electron chi connectivity index (χ4n) is 2.73. The minimum absolute atomic E-state index is 0.00558. The fraction of sp³-hybridized carbons (Fsp3) is 0.278. The third kappa shape index (κ3) is 3.45. The Kier molecular flexibility index (Phi) is 4.37. The van der Waals surface area contributed by atoms with Gasteiger partial charge in [0, 0.05) is 13.0 Å². The summed E-state index contributed by atoms with van der Waals surface area (Å²) in [5, 5.41) is 2.89. The topological polar surface area (TPSA) is 38.3 Å². The van der Waals surface area contributed by atoms with Gasteiger partial charge in [0.2, 0.25) is 5.91 Å². The van der Waals surface area contributed by atoms with Crippen molar-refractivity contribution in [3.63, 3.8) is 0 Å². The molecule has 1 aliphatic rings. The minimum atomic E-state index is -0.270. The third-order valence-electron chi connectivity index (χ3n) is 3.92. The first-order valence-corrected chi connectivity index (χ1v) is 7.45. The van der Waals surface area contributed by atoms with Crippen LogP contribution in [0.2, 0.25) is 0 Å². The number of carbonyl (C=O) groups excluding carboxylic acids is 1. The number of para-hydroxylation sites is 1. The number of ether oxygens (including phenoxy) is 1. The fourth-order valence-corrected chi connectivity index (χ4v) is 2.73. The van der Waals surface area contributed by atoms with E-state index in [0.717, 1.165) is 23.3 Å². The van der Waals surface area contributed by atoms with Crippen LogP contribution in [-0.4, -0.2) is 12.5 Å². The minimum Gasteiger partial charge on any atom is -0.493 e. The first-order valence-electron chi connectivity index (χ1n) is 7.45. The lowest BCUT2D eigenvalue weighted by atomic mass is 9.90. The Morgan fingerprint density at radius 2 is 1.95 bits per heavy atom. The van der Waals surface area contributed by atoms with Crippen molar-refractivity contribution in [3.05, 3.63) is 65.5 Å². The second-order valence-corrected chi connectivity index (χ2v) is 5.48. The Morgan fingerprint density at radius 1 is 1.18 bits per heavy atom. The summed E-state index contributed by atoms with van der Waals surface area (Å²) in [7, 11) is 0. The number of benzene rings is 2. The monoisotopic (exact) mass is 299 g/mol. The normalized spacial score (nSPS) is 16.5. The highest BCUT2D eigenvalue weighted by Gasteiger charge is 2.23. The number of hydrogen-bond acceptors (Lipinski definition) is 2. The Bertz CT molecular complexity index is 654. The number of amides is 1. The highest BCUT2D eigenvalue weighted by Crippen LogP contribution is 2.35. The zero-order valence-electron chi connectivity index (χ0n) is 12.2. The molecule has 0 saturated heterocycles. The van der Waals surface area contributed by atoms with Crippen LogP contribution in [0.4, 0.5) is 4.39 Å². The summed E-state index contributed by atoms with van der Waals surface area (Å²) in [5.74, 6) is 0.808. The van der Waals surface area contributed by atoms with Crippen molar-refractivity contribution in [2.75, 3.05) is 6.61 Å². The van der Waals surface area contributed by atoms with E-state index >= 15 is 0 Å². The maximum absolute atomic E-state index is 12.8. The highest BCUT2D eigenvalue weighted by molar-refractivity contribution is 5.77. The number of fused-ring (bicyclic) bond motifs is 1. The molecule has 0 aliphatic carbocycles. The van der Waals surface area contributed by atoms with E-state index in [2.05, 4.69) is 5.32 Å². The Morgan fingerprint density at radius 3 is 2.77 bits per heavy atom. The Labute approximate surface area is 129 Å². The molecule has 3 nitrogen and oxygen atoms in total. The van der Waals surface area contributed by atoms with Gasteiger partial charge in [-0.25, -0.2) is 4.39 Å². The molecule has 1 atom stereocenters. The van der Waals surface area contributed by atoms with Crippen molar-refractivity contribution in [2.24, 2.45) is 0 Å². The molecule has 1 amide bonds. The number of rotatable bonds is 4. The summed E-state index contributed by atoms with van der Waals surface area (Å²) < 4.78 is 18.4. The first kappa shape index (κ1) is 14.6. The predicted octanol–water partition coefficient (Wildman–Crippen LogP) is 3.40. The number of nitrogens with one attached hydrogen (secondary N) is 1. The van der Waals surface area contributed by atoms with Crippen molar-refractivity contribution in [2.45, 2.75) is 25.3 Å². The van der Waals surface area contributed by atoms with Crippen LogP contribution in [0.5, 0.6) is 5.75 Å². The van der Waals surface area contributed by atoms with Crippen LogP contribution >= 0.6 is 0 Å². The third-order valence-corrected chi connectivity index (χ3v) is 3.92. The average molecular weight is 299 g/mol. The van der Waals surface area contributed by atoms with E-state index in [1.807, 2.05) is 24.3 Å². The molecular formula is C18H18FNO2. The van der Waals surface area contributed by atoms with Crippen LogP contribution in [-0.2, 0) is 11.3 Å². The molecular weight excluding hydrogens is 281 g/mol. The van der Waals surface area contributed by atoms with E-state index in [1.54, 1.807) is 12.1 Å². The SMILES string of the molecule is O=C(CC1CCOc2ccccc21)NCc1ccc(F)cc1. The van der Waals surface area contributed by atoms with E-state index in [9.17, 15) is 9.18 Å². The number of carbonyl (C=O) groups is 1. The first-order chi connectivity index (χ1) is 10.7. The van der Waals surface area contributed by atoms with Crippen LogP contribution in [0.1, 0.15) is 29.9 Å². The van der Waals surface area contributed by atoms with Gasteiger partial charge < -0.3 is 10.1 Å². The summed E-state index contributed by atoms with van der Waals surface area (Å²) in [5.41, 5.74) is 1.99. The Hall–Kier alpha value is -2.36. The van der Waals surface area contributed by atoms with Crippen LogP contribution in [0, 0.1) is 5.82 Å². The van der Waals surface area contributed by atoms with Gasteiger partial charge in [-0.15, -0.1) is 0 Å². The molecule has 0 spiro atoms. The molecule has 1 heterocycles. The predicted molar refractivity (Wildman–Crippen MR) is 82.2 cm³/mol. The van der Waals surface area contributed by atoms with Gasteiger partial charge in [0.05, 0.1) is 6.61 Å². The van der Waals surface area contributed by atoms with Gasteiger partial charge in [0.1, 0.15) is 11.6 Å². The van der Waals surface area contributed by atoms with Crippen LogP contribution < -0.4 is 10.1 Å². The molecule has 0 aromatic heterocycles. The van der Waals surface area contributed by atoms with Gasteiger partial charge in [-0.3, -0.25) is 4.79 Å². The van der Waals surface area contributed by atoms with Gasteiger partial charge in [-0.1, -0.05) is 30.3 Å². The maximum Gasteiger partial charge on any atom is 0.220 e. The van der Waals surface area contributed by atoms with Crippen molar-refractivity contribution in [3.8, 4) is 5.75 Å². The quantitative estimate of drug-likeness (QED) is 0.939. The van der Waals surface area contributed by atoms with E-state index in [4.69, 9.17) is 4.74 Å². The number of hydrogen-bond donors (Lipinski definition) is 1. The average Bonchev–Trinajstić information content (AvgIpc) is 2.55. The van der Waals surface area contributed by atoms with Crippen molar-refractivity contribution in [1.29, 1.82) is 0 Å². The molecule has 114 valence electrons. The lowest BCUT2D eigenvalue weighted by molar-refractivity contribution is -0.121. The van der Waals surface area contributed by atoms with Gasteiger partial charge in [0.25, 0.3) is 0 Å². The summed E-state index contributed by atoms with van der Waals surface area (Å²) in [6, 6.07) is 14.0. The van der Waals surface area contributed by atoms with Crippen molar-refractivity contribution >= 4 is 5.91 Å². The van der Waals surface area contributed by atoms with E-state index in [0.29, 0.717) is 19.6 Å². The largest absolute Gasteiger partial charge is 0.493 e. The van der Waals surface area contributed by atoms with Crippen LogP contribution in [0.25, 0.3) is 0 Å². The summed E-state index contributed by atoms with van der Waals surface area (Å²) in [6.07, 6.45) is 1.29. The molecule has 2 aromatic rings. The van der Waals surface area contributed by atoms with Crippen molar-refractivity contribution in [1.82, 2.24) is 5.32 Å². The summed E-state index contributed by atoms with van der Waals surface area (Å²) in [4.78, 5) is 12.1. The lowest BCUT2D eigenvalue weighted by Gasteiger charge is -2.25. The summed E-state index contributed by atoms with van der Waals surface area (Å²) in [6.45, 7) is 1.07. The molecule has 1 unspecified atom stereocenters. The van der Waals surface area contributed by atoms with Crippen molar-refractivity contribution < 1.29 is 13.9 Å². The Balaban J connectivity index is 1.57. The maximum atomic E-state index is 12.8. The standard InChI is InChI=1S/C18H18FNO2/c19-15-7-5-13(6-8-15)12-20-18(21)11-14-9-10-22-17-4-2-1-3-16(14)17/h1-8,14H,9-12H2,(H,20,21). The second kappa shape index (κ2) is 6.60. The molecule has 4 heteroatoms. The van der Waals surface area contributed by atoms with E-state index in [-0.39, 0.29) is 17.6 Å². The molecule has 0 saturated carbocycles. The summed E-state index contributed by atoms with van der Waals surface area (Å²) >= 11 is 0. The smallest absolute Gasteiger partial charge is 0.220 e. The molecule has 1 aliphatic heterocycles. The van der Waals surface area contributed by atoms with Gasteiger partial charge in [-0.2, -0.15) is 0 Å². The molecule has 0 radical (unpaired) electrons. The molecule has 3 rings (SSSR count). The van der Waals surface area contributed by atoms with E-state index in [1.165, 1.54) is 12.1 Å². The zero-order valence-corrected chi connectivity index (χ0v) is 12.2. The molecule has 22 heavy (non-hydrogen) atoms. The number of halogens is 1. The van der Waals surface area contributed by atoms with Crippen LogP contribution in [0.3, 0.4) is 0 Å². The lowest BCUT2D eigenvalue weighted by Crippen LogP contribution is -2.26.